The Kier molecular flexibility index (Phi) is 4.48. The van der Waals surface area contributed by atoms with Gasteiger partial charge in [0.15, 0.2) is 0 Å². The minimum absolute atomic E-state index is 0.00662. The van der Waals surface area contributed by atoms with E-state index in [2.05, 4.69) is 53.0 Å². The highest BCUT2D eigenvalue weighted by Gasteiger charge is 2.61. The van der Waals surface area contributed by atoms with Crippen molar-refractivity contribution in [2.45, 2.75) is 70.3 Å². The van der Waals surface area contributed by atoms with E-state index in [-0.39, 0.29) is 5.41 Å². The van der Waals surface area contributed by atoms with Gasteiger partial charge in [0.25, 0.3) is 0 Å². The summed E-state index contributed by atoms with van der Waals surface area (Å²) in [6, 6.07) is 11.1. The standard InChI is InChI=1S/C25H30BrNO/c1-16-5-7-18-17(14-16)6-8-20-19(18)9-11-24(2)21(20)10-12-25(24,28)15-23-22(26)4-3-13-27-23/h3-5,7,13-14,19-21,28H,6,8-12,15H2,1-2H3/t19-,20-,21+,24+,25-/m1/s1. The Balaban J connectivity index is 1.46. The number of fused-ring (bicyclic) bond motifs is 5. The second-order valence-corrected chi connectivity index (χ2v) is 10.6. The van der Waals surface area contributed by atoms with Crippen molar-refractivity contribution in [3.05, 3.63) is 63.4 Å². The molecule has 1 aromatic carbocycles. The Bertz CT molecular complexity index is 911. The third-order valence-electron chi connectivity index (χ3n) is 8.50. The molecule has 0 aliphatic heterocycles. The average Bonchev–Trinajstić information content (AvgIpc) is 2.94. The largest absolute Gasteiger partial charge is 0.389 e. The summed E-state index contributed by atoms with van der Waals surface area (Å²) in [5, 5.41) is 11.9. The fourth-order valence-corrected chi connectivity index (χ4v) is 7.33. The lowest BCUT2D eigenvalue weighted by Gasteiger charge is -2.53. The maximum atomic E-state index is 11.9. The molecule has 28 heavy (non-hydrogen) atoms. The van der Waals surface area contributed by atoms with Gasteiger partial charge in [0.2, 0.25) is 0 Å². The molecular weight excluding hydrogens is 410 g/mol. The highest BCUT2D eigenvalue weighted by molar-refractivity contribution is 9.10. The number of benzene rings is 1. The molecule has 0 bridgehead atoms. The minimum atomic E-state index is -0.646. The van der Waals surface area contributed by atoms with Gasteiger partial charge in [-0.2, -0.15) is 0 Å². The van der Waals surface area contributed by atoms with Crippen LogP contribution in [0.25, 0.3) is 0 Å². The predicted molar refractivity (Wildman–Crippen MR) is 116 cm³/mol. The fourth-order valence-electron chi connectivity index (χ4n) is 6.94. The van der Waals surface area contributed by atoms with Gasteiger partial charge in [0.1, 0.15) is 0 Å². The Hall–Kier alpha value is -1.19. The minimum Gasteiger partial charge on any atom is -0.389 e. The number of halogens is 1. The molecule has 0 unspecified atom stereocenters. The number of aromatic nitrogens is 1. The number of rotatable bonds is 2. The normalized spacial score (nSPS) is 36.5. The topological polar surface area (TPSA) is 33.1 Å². The predicted octanol–water partition coefficient (Wildman–Crippen LogP) is 5.98. The van der Waals surface area contributed by atoms with Gasteiger partial charge in [0.05, 0.1) is 11.3 Å². The van der Waals surface area contributed by atoms with Crippen molar-refractivity contribution < 1.29 is 5.11 Å². The Morgan fingerprint density at radius 3 is 2.86 bits per heavy atom. The zero-order chi connectivity index (χ0) is 19.5. The summed E-state index contributed by atoms with van der Waals surface area (Å²) < 4.78 is 1.02. The molecule has 2 saturated carbocycles. The van der Waals surface area contributed by atoms with E-state index in [1.165, 1.54) is 24.8 Å². The van der Waals surface area contributed by atoms with Gasteiger partial charge in [0, 0.05) is 17.1 Å². The van der Waals surface area contributed by atoms with E-state index in [0.29, 0.717) is 18.3 Å². The molecule has 148 valence electrons. The summed E-state index contributed by atoms with van der Waals surface area (Å²) in [5.41, 5.74) is 4.91. The fraction of sp³-hybridized carbons (Fsp3) is 0.560. The Labute approximate surface area is 176 Å². The summed E-state index contributed by atoms with van der Waals surface area (Å²) in [4.78, 5) is 4.57. The van der Waals surface area contributed by atoms with Gasteiger partial charge in [-0.05, 0) is 108 Å². The van der Waals surface area contributed by atoms with Crippen LogP contribution in [-0.2, 0) is 12.8 Å². The molecule has 3 heteroatoms. The van der Waals surface area contributed by atoms with Crippen molar-refractivity contribution in [2.75, 3.05) is 0 Å². The zero-order valence-corrected chi connectivity index (χ0v) is 18.5. The first kappa shape index (κ1) is 18.8. The van der Waals surface area contributed by atoms with Crippen molar-refractivity contribution in [1.29, 1.82) is 0 Å². The Morgan fingerprint density at radius 2 is 2.04 bits per heavy atom. The lowest BCUT2D eigenvalue weighted by molar-refractivity contribution is -0.102. The first-order valence-electron chi connectivity index (χ1n) is 10.8. The zero-order valence-electron chi connectivity index (χ0n) is 16.9. The summed E-state index contributed by atoms with van der Waals surface area (Å²) in [7, 11) is 0. The molecule has 3 aliphatic carbocycles. The molecule has 0 radical (unpaired) electrons. The third kappa shape index (κ3) is 2.73. The number of nitrogens with zero attached hydrogens (tertiary/aromatic N) is 1. The second kappa shape index (κ2) is 6.67. The van der Waals surface area contributed by atoms with Crippen LogP contribution in [0.4, 0.5) is 0 Å². The first-order valence-corrected chi connectivity index (χ1v) is 11.6. The van der Waals surface area contributed by atoms with Gasteiger partial charge in [-0.15, -0.1) is 0 Å². The van der Waals surface area contributed by atoms with Crippen LogP contribution in [0.5, 0.6) is 0 Å². The second-order valence-electron chi connectivity index (χ2n) is 9.75. The molecular formula is C25H30BrNO. The van der Waals surface area contributed by atoms with Crippen LogP contribution >= 0.6 is 15.9 Å². The van der Waals surface area contributed by atoms with Crippen molar-refractivity contribution in [3.63, 3.8) is 0 Å². The highest BCUT2D eigenvalue weighted by Crippen LogP contribution is 2.64. The summed E-state index contributed by atoms with van der Waals surface area (Å²) in [6.45, 7) is 4.58. The molecule has 0 spiro atoms. The number of aryl methyl sites for hydroxylation is 2. The van der Waals surface area contributed by atoms with E-state index < -0.39 is 5.60 Å². The van der Waals surface area contributed by atoms with Crippen LogP contribution in [0.2, 0.25) is 0 Å². The quantitative estimate of drug-likeness (QED) is 0.623. The van der Waals surface area contributed by atoms with E-state index >= 15 is 0 Å². The van der Waals surface area contributed by atoms with Crippen LogP contribution in [-0.4, -0.2) is 15.7 Å². The number of hydrogen-bond acceptors (Lipinski definition) is 2. The SMILES string of the molecule is Cc1ccc2c(c1)CC[C@@H]1[C@@H]2CC[C@@]2(C)[C@H]1CC[C@@]2(O)Cc1ncccc1Br. The van der Waals surface area contributed by atoms with Crippen LogP contribution in [0, 0.1) is 24.2 Å². The molecule has 2 fully saturated rings. The Morgan fingerprint density at radius 1 is 1.18 bits per heavy atom. The maximum Gasteiger partial charge on any atom is 0.0759 e. The average molecular weight is 440 g/mol. The molecule has 2 nitrogen and oxygen atoms in total. The lowest BCUT2D eigenvalue weighted by Crippen LogP contribution is -2.52. The molecule has 1 aromatic heterocycles. The molecule has 5 rings (SSSR count). The highest BCUT2D eigenvalue weighted by atomic mass is 79.9. The molecule has 0 saturated heterocycles. The molecule has 2 aromatic rings. The monoisotopic (exact) mass is 439 g/mol. The lowest BCUT2D eigenvalue weighted by atomic mass is 9.53. The van der Waals surface area contributed by atoms with Crippen LogP contribution in [0.1, 0.15) is 67.3 Å². The number of aliphatic hydroxyl groups is 1. The van der Waals surface area contributed by atoms with Crippen molar-refractivity contribution >= 4 is 15.9 Å². The van der Waals surface area contributed by atoms with E-state index in [9.17, 15) is 5.11 Å². The molecule has 1 heterocycles. The smallest absolute Gasteiger partial charge is 0.0759 e. The molecule has 3 aliphatic rings. The summed E-state index contributed by atoms with van der Waals surface area (Å²) in [6.07, 6.45) is 9.37. The van der Waals surface area contributed by atoms with Crippen molar-refractivity contribution in [3.8, 4) is 0 Å². The van der Waals surface area contributed by atoms with Gasteiger partial charge < -0.3 is 5.11 Å². The van der Waals surface area contributed by atoms with Crippen LogP contribution in [0.3, 0.4) is 0 Å². The van der Waals surface area contributed by atoms with Gasteiger partial charge in [-0.1, -0.05) is 30.7 Å². The van der Waals surface area contributed by atoms with E-state index in [4.69, 9.17) is 0 Å². The molecule has 1 N–H and O–H groups in total. The van der Waals surface area contributed by atoms with Gasteiger partial charge in [-0.25, -0.2) is 0 Å². The van der Waals surface area contributed by atoms with Crippen molar-refractivity contribution in [2.24, 2.45) is 17.3 Å². The van der Waals surface area contributed by atoms with Gasteiger partial charge >= 0.3 is 0 Å². The maximum absolute atomic E-state index is 11.9. The van der Waals surface area contributed by atoms with Crippen LogP contribution in [0.15, 0.2) is 41.0 Å². The first-order chi connectivity index (χ1) is 13.4. The number of hydrogen-bond donors (Lipinski definition) is 1. The van der Waals surface area contributed by atoms with Gasteiger partial charge in [-0.3, -0.25) is 4.98 Å². The van der Waals surface area contributed by atoms with Crippen molar-refractivity contribution in [1.82, 2.24) is 4.98 Å². The van der Waals surface area contributed by atoms with E-state index in [0.717, 1.165) is 35.3 Å². The number of pyridine rings is 1. The van der Waals surface area contributed by atoms with E-state index in [1.54, 1.807) is 11.1 Å². The molecule has 0 amide bonds. The third-order valence-corrected chi connectivity index (χ3v) is 9.22. The molecule has 5 atom stereocenters. The summed E-state index contributed by atoms with van der Waals surface area (Å²) in [5.74, 6) is 2.02. The summed E-state index contributed by atoms with van der Waals surface area (Å²) >= 11 is 3.64. The van der Waals surface area contributed by atoms with Crippen LogP contribution < -0.4 is 0 Å². The van der Waals surface area contributed by atoms with E-state index in [1.807, 2.05) is 18.3 Å².